The van der Waals surface area contributed by atoms with Gasteiger partial charge in [0.05, 0.1) is 24.5 Å². The molecule has 0 radical (unpaired) electrons. The Kier molecular flexibility index (Phi) is 4.85. The Morgan fingerprint density at radius 1 is 1.38 bits per heavy atom. The highest BCUT2D eigenvalue weighted by Gasteiger charge is 2.47. The Hall–Kier alpha value is -1.95. The summed E-state index contributed by atoms with van der Waals surface area (Å²) < 4.78 is 18.9. The van der Waals surface area contributed by atoms with E-state index in [1.165, 1.54) is 12.1 Å². The van der Waals surface area contributed by atoms with Crippen LogP contribution in [0.15, 0.2) is 24.3 Å². The predicted octanol–water partition coefficient (Wildman–Crippen LogP) is 2.24. The minimum absolute atomic E-state index is 0.0525. The second-order valence-corrected chi connectivity index (χ2v) is 6.78. The van der Waals surface area contributed by atoms with Crippen LogP contribution in [-0.4, -0.2) is 47.7 Å². The molecule has 1 amide bonds. The van der Waals surface area contributed by atoms with Crippen LogP contribution in [0, 0.1) is 11.2 Å². The summed E-state index contributed by atoms with van der Waals surface area (Å²) in [4.78, 5) is 25.6. The first kappa shape index (κ1) is 16.9. The smallest absolute Gasteiger partial charge is 0.306 e. The highest BCUT2D eigenvalue weighted by Crippen LogP contribution is 2.45. The van der Waals surface area contributed by atoms with Gasteiger partial charge in [-0.2, -0.15) is 0 Å². The van der Waals surface area contributed by atoms with Crippen molar-refractivity contribution in [2.75, 3.05) is 19.7 Å². The Morgan fingerprint density at radius 2 is 2.17 bits per heavy atom. The van der Waals surface area contributed by atoms with Crippen molar-refractivity contribution in [1.82, 2.24) is 4.90 Å². The summed E-state index contributed by atoms with van der Waals surface area (Å²) in [6, 6.07) is 6.40. The Balaban J connectivity index is 1.70. The van der Waals surface area contributed by atoms with Crippen molar-refractivity contribution < 1.29 is 23.8 Å². The second kappa shape index (κ2) is 6.89. The van der Waals surface area contributed by atoms with E-state index in [9.17, 15) is 14.0 Å². The first-order valence-electron chi connectivity index (χ1n) is 8.36. The summed E-state index contributed by atoms with van der Waals surface area (Å²) in [6.45, 7) is 1.16. The molecule has 0 bridgehead atoms. The molecule has 1 saturated carbocycles. The highest BCUT2D eigenvalue weighted by molar-refractivity contribution is 5.84. The number of hydrogen-bond donors (Lipinski definition) is 1. The number of rotatable bonds is 5. The molecule has 0 aromatic heterocycles. The standard InChI is InChI=1S/C18H22FNO4/c19-14-4-1-3-13(9-14)11-18(5-2-6-18)17(23)20-7-8-24-15(12-20)10-16(21)22/h1,3-4,9,15H,2,5-8,10-12H2,(H,21,22). The van der Waals surface area contributed by atoms with Gasteiger partial charge in [0, 0.05) is 13.1 Å². The van der Waals surface area contributed by atoms with Gasteiger partial charge in [0.25, 0.3) is 0 Å². The molecule has 2 fully saturated rings. The van der Waals surface area contributed by atoms with Crippen LogP contribution in [0.2, 0.25) is 0 Å². The van der Waals surface area contributed by atoms with Crippen molar-refractivity contribution in [2.45, 2.75) is 38.2 Å². The van der Waals surface area contributed by atoms with Gasteiger partial charge in [0.2, 0.25) is 5.91 Å². The van der Waals surface area contributed by atoms with Crippen molar-refractivity contribution in [3.05, 3.63) is 35.6 Å². The summed E-state index contributed by atoms with van der Waals surface area (Å²) in [5.41, 5.74) is 0.359. The van der Waals surface area contributed by atoms with Gasteiger partial charge in [-0.15, -0.1) is 0 Å². The average Bonchev–Trinajstić information content (AvgIpc) is 2.50. The van der Waals surface area contributed by atoms with E-state index in [0.717, 1.165) is 24.8 Å². The lowest BCUT2D eigenvalue weighted by atomic mass is 9.64. The number of carbonyl (C=O) groups is 2. The van der Waals surface area contributed by atoms with E-state index in [2.05, 4.69) is 0 Å². The number of carboxylic acids is 1. The minimum atomic E-state index is -0.924. The van der Waals surface area contributed by atoms with Crippen LogP contribution in [0.3, 0.4) is 0 Å². The predicted molar refractivity (Wildman–Crippen MR) is 85.0 cm³/mol. The molecule has 1 aliphatic heterocycles. The van der Waals surface area contributed by atoms with Crippen LogP contribution in [0.4, 0.5) is 4.39 Å². The molecular weight excluding hydrogens is 313 g/mol. The first-order chi connectivity index (χ1) is 11.5. The molecule has 1 unspecified atom stereocenters. The summed E-state index contributed by atoms with van der Waals surface area (Å²) in [5.74, 6) is -1.16. The third kappa shape index (κ3) is 3.59. The molecule has 1 aromatic carbocycles. The summed E-state index contributed by atoms with van der Waals surface area (Å²) in [7, 11) is 0. The van der Waals surface area contributed by atoms with Crippen LogP contribution in [0.1, 0.15) is 31.2 Å². The van der Waals surface area contributed by atoms with E-state index in [1.807, 2.05) is 6.07 Å². The lowest BCUT2D eigenvalue weighted by Gasteiger charge is -2.45. The fraction of sp³-hybridized carbons (Fsp3) is 0.556. The molecule has 130 valence electrons. The summed E-state index contributed by atoms with van der Waals surface area (Å²) in [6.07, 6.45) is 2.56. The maximum atomic E-state index is 13.4. The van der Waals surface area contributed by atoms with Crippen molar-refractivity contribution in [2.24, 2.45) is 5.41 Å². The van der Waals surface area contributed by atoms with E-state index < -0.39 is 17.5 Å². The quantitative estimate of drug-likeness (QED) is 0.896. The average molecular weight is 335 g/mol. The molecule has 1 aromatic rings. The zero-order chi connectivity index (χ0) is 17.2. The van der Waals surface area contributed by atoms with Gasteiger partial charge < -0.3 is 14.7 Å². The van der Waals surface area contributed by atoms with Gasteiger partial charge in [0.15, 0.2) is 0 Å². The van der Waals surface area contributed by atoms with Crippen molar-refractivity contribution in [1.29, 1.82) is 0 Å². The zero-order valence-electron chi connectivity index (χ0n) is 13.5. The van der Waals surface area contributed by atoms with Gasteiger partial charge in [0.1, 0.15) is 5.82 Å². The second-order valence-electron chi connectivity index (χ2n) is 6.78. The molecule has 6 heteroatoms. The van der Waals surface area contributed by atoms with E-state index in [-0.39, 0.29) is 18.1 Å². The molecule has 1 heterocycles. The lowest BCUT2D eigenvalue weighted by Crippen LogP contribution is -2.54. The number of ether oxygens (including phenoxy) is 1. The van der Waals surface area contributed by atoms with E-state index in [1.54, 1.807) is 11.0 Å². The Bertz CT molecular complexity index is 629. The fourth-order valence-electron chi connectivity index (χ4n) is 3.66. The topological polar surface area (TPSA) is 66.8 Å². The minimum Gasteiger partial charge on any atom is -0.481 e. The van der Waals surface area contributed by atoms with Gasteiger partial charge >= 0.3 is 5.97 Å². The highest BCUT2D eigenvalue weighted by atomic mass is 19.1. The SMILES string of the molecule is O=C(O)CC1CN(C(=O)C2(Cc3cccc(F)c3)CCC2)CCO1. The fourth-order valence-corrected chi connectivity index (χ4v) is 3.66. The van der Waals surface area contributed by atoms with Crippen LogP contribution in [-0.2, 0) is 20.7 Å². The van der Waals surface area contributed by atoms with Gasteiger partial charge in [-0.25, -0.2) is 4.39 Å². The largest absolute Gasteiger partial charge is 0.481 e. The normalized spacial score (nSPS) is 22.7. The molecule has 24 heavy (non-hydrogen) atoms. The molecule has 1 atom stereocenters. The molecule has 1 N–H and O–H groups in total. The van der Waals surface area contributed by atoms with E-state index >= 15 is 0 Å². The number of hydrogen-bond acceptors (Lipinski definition) is 3. The molecule has 3 rings (SSSR count). The van der Waals surface area contributed by atoms with Crippen molar-refractivity contribution in [3.63, 3.8) is 0 Å². The number of carbonyl (C=O) groups excluding carboxylic acids is 1. The lowest BCUT2D eigenvalue weighted by molar-refractivity contribution is -0.158. The van der Waals surface area contributed by atoms with Crippen LogP contribution < -0.4 is 0 Å². The molecule has 2 aliphatic rings. The van der Waals surface area contributed by atoms with Crippen molar-refractivity contribution >= 4 is 11.9 Å². The monoisotopic (exact) mass is 335 g/mol. The number of halogens is 1. The number of nitrogens with zero attached hydrogens (tertiary/aromatic N) is 1. The van der Waals surface area contributed by atoms with Gasteiger partial charge in [-0.3, -0.25) is 9.59 Å². The maximum absolute atomic E-state index is 13.4. The molecule has 1 aliphatic carbocycles. The van der Waals surface area contributed by atoms with E-state index in [0.29, 0.717) is 26.1 Å². The summed E-state index contributed by atoms with van der Waals surface area (Å²) in [5, 5.41) is 8.91. The van der Waals surface area contributed by atoms with Crippen molar-refractivity contribution in [3.8, 4) is 0 Å². The third-order valence-electron chi connectivity index (χ3n) is 5.02. The van der Waals surface area contributed by atoms with Crippen LogP contribution in [0.25, 0.3) is 0 Å². The summed E-state index contributed by atoms with van der Waals surface area (Å²) >= 11 is 0. The maximum Gasteiger partial charge on any atom is 0.306 e. The number of benzene rings is 1. The Labute approximate surface area is 140 Å². The van der Waals surface area contributed by atoms with E-state index in [4.69, 9.17) is 9.84 Å². The number of amides is 1. The zero-order valence-corrected chi connectivity index (χ0v) is 13.5. The third-order valence-corrected chi connectivity index (χ3v) is 5.02. The number of carboxylic acid groups (broad SMARTS) is 1. The molecule has 0 spiro atoms. The number of aliphatic carboxylic acids is 1. The van der Waals surface area contributed by atoms with Gasteiger partial charge in [-0.1, -0.05) is 18.6 Å². The van der Waals surface area contributed by atoms with Crippen LogP contribution in [0.5, 0.6) is 0 Å². The van der Waals surface area contributed by atoms with Gasteiger partial charge in [-0.05, 0) is 37.0 Å². The molecule has 5 nitrogen and oxygen atoms in total. The first-order valence-corrected chi connectivity index (χ1v) is 8.36. The van der Waals surface area contributed by atoms with Crippen LogP contribution >= 0.6 is 0 Å². The molecule has 1 saturated heterocycles. The Morgan fingerprint density at radius 3 is 2.79 bits per heavy atom. The molecular formula is C18H22FNO4. The number of morpholine rings is 1.